The molecule has 2 aromatic rings. The summed E-state index contributed by atoms with van der Waals surface area (Å²) >= 11 is 0. The number of allylic oxidation sites excluding steroid dienone is 1. The Kier molecular flexibility index (Phi) is 6.52. The smallest absolute Gasteiger partial charge is 0.326 e. The summed E-state index contributed by atoms with van der Waals surface area (Å²) in [6, 6.07) is 17.5. The Hall–Kier alpha value is -2.88. The highest BCUT2D eigenvalue weighted by molar-refractivity contribution is 6.08. The number of rotatable bonds is 8. The normalized spacial score (nSPS) is 12.7. The van der Waals surface area contributed by atoms with Crippen LogP contribution in [0.5, 0.6) is 0 Å². The molecule has 0 spiro atoms. The fourth-order valence-electron chi connectivity index (χ4n) is 2.52. The summed E-state index contributed by atoms with van der Waals surface area (Å²) in [5, 5.41) is 12.5. The predicted octanol–water partition coefficient (Wildman–Crippen LogP) is 4.00. The molecule has 2 rings (SSSR count). The molecular weight excluding hydrogens is 314 g/mol. The van der Waals surface area contributed by atoms with Crippen molar-refractivity contribution in [2.75, 3.05) is 0 Å². The van der Waals surface area contributed by atoms with Crippen LogP contribution in [0.3, 0.4) is 0 Å². The van der Waals surface area contributed by atoms with Crippen LogP contribution in [0, 0.1) is 5.92 Å². The molecule has 0 fully saturated rings. The maximum atomic E-state index is 12.5. The lowest BCUT2D eigenvalue weighted by molar-refractivity contribution is -0.139. The molecule has 130 valence electrons. The van der Waals surface area contributed by atoms with Gasteiger partial charge in [0.05, 0.1) is 0 Å². The zero-order valence-corrected chi connectivity index (χ0v) is 14.5. The fourth-order valence-corrected chi connectivity index (χ4v) is 2.52. The summed E-state index contributed by atoms with van der Waals surface area (Å²) < 4.78 is 0. The van der Waals surface area contributed by atoms with Crippen molar-refractivity contribution >= 4 is 17.4 Å². The molecule has 0 amide bonds. The number of carbonyl (C=O) groups is 2. The van der Waals surface area contributed by atoms with Crippen molar-refractivity contribution in [2.45, 2.75) is 26.3 Å². The van der Waals surface area contributed by atoms with Gasteiger partial charge in [-0.05, 0) is 17.9 Å². The van der Waals surface area contributed by atoms with Gasteiger partial charge in [-0.15, -0.1) is 0 Å². The molecule has 0 aromatic heterocycles. The summed E-state index contributed by atoms with van der Waals surface area (Å²) in [5.41, 5.74) is 1.86. The van der Waals surface area contributed by atoms with Gasteiger partial charge >= 0.3 is 5.97 Å². The van der Waals surface area contributed by atoms with Crippen molar-refractivity contribution in [3.05, 3.63) is 77.9 Å². The van der Waals surface area contributed by atoms with E-state index >= 15 is 0 Å². The third-order valence-electron chi connectivity index (χ3n) is 3.75. The number of benzene rings is 2. The molecule has 0 aliphatic rings. The van der Waals surface area contributed by atoms with Crippen LogP contribution < -0.4 is 5.32 Å². The van der Waals surface area contributed by atoms with Crippen LogP contribution >= 0.6 is 0 Å². The van der Waals surface area contributed by atoms with E-state index in [0.717, 1.165) is 5.56 Å². The van der Waals surface area contributed by atoms with Crippen LogP contribution in [0.1, 0.15) is 36.2 Å². The highest BCUT2D eigenvalue weighted by Gasteiger charge is 2.20. The summed E-state index contributed by atoms with van der Waals surface area (Å²) in [6.07, 6.45) is 1.94. The quantitative estimate of drug-likeness (QED) is 0.564. The zero-order valence-electron chi connectivity index (χ0n) is 14.5. The Bertz CT molecular complexity index is 736. The Morgan fingerprint density at radius 1 is 0.960 bits per heavy atom. The molecule has 25 heavy (non-hydrogen) atoms. The van der Waals surface area contributed by atoms with E-state index in [2.05, 4.69) is 5.32 Å². The average Bonchev–Trinajstić information content (AvgIpc) is 2.61. The van der Waals surface area contributed by atoms with Gasteiger partial charge in [0.25, 0.3) is 0 Å². The van der Waals surface area contributed by atoms with Gasteiger partial charge in [0.1, 0.15) is 6.04 Å². The van der Waals surface area contributed by atoms with Gasteiger partial charge in [-0.3, -0.25) is 4.79 Å². The SMILES string of the molecule is CC(C)C[C@H](N/C(=C\C(=O)c1ccccc1)c1ccccc1)C(=O)O. The summed E-state index contributed by atoms with van der Waals surface area (Å²) in [5.74, 6) is -0.876. The van der Waals surface area contributed by atoms with Crippen molar-refractivity contribution < 1.29 is 14.7 Å². The summed E-state index contributed by atoms with van der Waals surface area (Å²) in [7, 11) is 0. The first-order chi connectivity index (χ1) is 12.0. The maximum absolute atomic E-state index is 12.5. The second kappa shape index (κ2) is 8.83. The van der Waals surface area contributed by atoms with Crippen LogP contribution in [0.2, 0.25) is 0 Å². The molecule has 2 aromatic carbocycles. The van der Waals surface area contributed by atoms with Gasteiger partial charge < -0.3 is 10.4 Å². The number of ketones is 1. The van der Waals surface area contributed by atoms with Crippen molar-refractivity contribution in [1.29, 1.82) is 0 Å². The molecule has 1 atom stereocenters. The van der Waals surface area contributed by atoms with Crippen molar-refractivity contribution in [3.63, 3.8) is 0 Å². The highest BCUT2D eigenvalue weighted by Crippen LogP contribution is 2.16. The predicted molar refractivity (Wildman–Crippen MR) is 99.2 cm³/mol. The van der Waals surface area contributed by atoms with Crippen LogP contribution in [-0.4, -0.2) is 22.9 Å². The van der Waals surface area contributed by atoms with E-state index in [1.165, 1.54) is 6.08 Å². The Labute approximate surface area is 148 Å². The molecule has 0 aliphatic carbocycles. The minimum absolute atomic E-state index is 0.166. The molecule has 2 N–H and O–H groups in total. The number of carboxylic acids is 1. The number of nitrogens with one attached hydrogen (secondary N) is 1. The third kappa shape index (κ3) is 5.60. The van der Waals surface area contributed by atoms with Gasteiger partial charge in [-0.25, -0.2) is 4.79 Å². The van der Waals surface area contributed by atoms with E-state index in [-0.39, 0.29) is 11.7 Å². The molecular formula is C21H23NO3. The molecule has 0 saturated carbocycles. The molecule has 4 nitrogen and oxygen atoms in total. The highest BCUT2D eigenvalue weighted by atomic mass is 16.4. The number of hydrogen-bond acceptors (Lipinski definition) is 3. The molecule has 0 saturated heterocycles. The molecule has 0 unspecified atom stereocenters. The van der Waals surface area contributed by atoms with Gasteiger partial charge in [-0.2, -0.15) is 0 Å². The van der Waals surface area contributed by atoms with Crippen molar-refractivity contribution in [1.82, 2.24) is 5.32 Å². The Balaban J connectivity index is 2.35. The lowest BCUT2D eigenvalue weighted by atomic mass is 10.0. The first-order valence-electron chi connectivity index (χ1n) is 8.33. The standard InChI is InChI=1S/C21H23NO3/c1-15(2)13-19(21(24)25)22-18(16-9-5-3-6-10-16)14-20(23)17-11-7-4-8-12-17/h3-12,14-15,19,22H,13H2,1-2H3,(H,24,25)/b18-14-/t19-/m0/s1. The monoisotopic (exact) mass is 337 g/mol. The first-order valence-corrected chi connectivity index (χ1v) is 8.33. The lowest BCUT2D eigenvalue weighted by Gasteiger charge is -2.20. The molecule has 0 bridgehead atoms. The maximum Gasteiger partial charge on any atom is 0.326 e. The Morgan fingerprint density at radius 3 is 1.96 bits per heavy atom. The van der Waals surface area contributed by atoms with Gasteiger partial charge in [0.15, 0.2) is 5.78 Å². The van der Waals surface area contributed by atoms with E-state index < -0.39 is 12.0 Å². The average molecular weight is 337 g/mol. The molecule has 0 heterocycles. The minimum Gasteiger partial charge on any atom is -0.480 e. The van der Waals surface area contributed by atoms with Gasteiger partial charge in [-0.1, -0.05) is 74.5 Å². The van der Waals surface area contributed by atoms with Gasteiger partial charge in [0, 0.05) is 17.3 Å². The van der Waals surface area contributed by atoms with Crippen LogP contribution in [0.15, 0.2) is 66.7 Å². The lowest BCUT2D eigenvalue weighted by Crippen LogP contribution is -2.36. The summed E-state index contributed by atoms with van der Waals surface area (Å²) in [6.45, 7) is 3.94. The molecule has 0 radical (unpaired) electrons. The number of carbonyl (C=O) groups excluding carboxylic acids is 1. The molecule has 0 aliphatic heterocycles. The summed E-state index contributed by atoms with van der Waals surface area (Å²) in [4.78, 5) is 24.1. The number of aliphatic carboxylic acids is 1. The van der Waals surface area contributed by atoms with Gasteiger partial charge in [0.2, 0.25) is 0 Å². The van der Waals surface area contributed by atoms with Crippen molar-refractivity contribution in [3.8, 4) is 0 Å². The van der Waals surface area contributed by atoms with Crippen molar-refractivity contribution in [2.24, 2.45) is 5.92 Å². The fraction of sp³-hybridized carbons (Fsp3) is 0.238. The van der Waals surface area contributed by atoms with Crippen LogP contribution in [0.25, 0.3) is 5.70 Å². The van der Waals surface area contributed by atoms with E-state index in [0.29, 0.717) is 17.7 Å². The minimum atomic E-state index is -0.928. The third-order valence-corrected chi connectivity index (χ3v) is 3.75. The van der Waals surface area contributed by atoms with E-state index in [1.807, 2.05) is 50.2 Å². The van der Waals surface area contributed by atoms with Crippen LogP contribution in [0.4, 0.5) is 0 Å². The topological polar surface area (TPSA) is 66.4 Å². The zero-order chi connectivity index (χ0) is 18.2. The van der Waals surface area contributed by atoms with E-state index in [1.54, 1.807) is 24.3 Å². The van der Waals surface area contributed by atoms with E-state index in [9.17, 15) is 14.7 Å². The largest absolute Gasteiger partial charge is 0.480 e. The Morgan fingerprint density at radius 2 is 1.48 bits per heavy atom. The van der Waals surface area contributed by atoms with E-state index in [4.69, 9.17) is 0 Å². The second-order valence-corrected chi connectivity index (χ2v) is 6.32. The van der Waals surface area contributed by atoms with Crippen LogP contribution in [-0.2, 0) is 4.79 Å². The first kappa shape index (κ1) is 18.5. The molecule has 4 heteroatoms. The number of carboxylic acid groups (broad SMARTS) is 1. The second-order valence-electron chi connectivity index (χ2n) is 6.32. The number of hydrogen-bond donors (Lipinski definition) is 2.